The van der Waals surface area contributed by atoms with Crippen molar-refractivity contribution in [1.82, 2.24) is 19.1 Å². The second kappa shape index (κ2) is 5.58. The third-order valence-electron chi connectivity index (χ3n) is 3.49. The Bertz CT molecular complexity index is 824. The molecule has 0 unspecified atom stereocenters. The summed E-state index contributed by atoms with van der Waals surface area (Å²) in [6.07, 6.45) is 4.37. The number of alkyl halides is 1. The summed E-state index contributed by atoms with van der Waals surface area (Å²) < 4.78 is 4.06. The summed E-state index contributed by atoms with van der Waals surface area (Å²) >= 11 is 5.88. The van der Waals surface area contributed by atoms with Gasteiger partial charge in [-0.25, -0.2) is 9.97 Å². The van der Waals surface area contributed by atoms with Gasteiger partial charge >= 0.3 is 0 Å². The van der Waals surface area contributed by atoms with E-state index in [0.29, 0.717) is 24.4 Å². The van der Waals surface area contributed by atoms with Crippen LogP contribution in [0.5, 0.6) is 0 Å². The minimum atomic E-state index is 0.509. The van der Waals surface area contributed by atoms with Crippen LogP contribution in [0.25, 0.3) is 11.0 Å². The number of benzene rings is 1. The maximum atomic E-state index is 9.08. The van der Waals surface area contributed by atoms with Crippen LogP contribution in [0.3, 0.4) is 0 Å². The third-order valence-corrected chi connectivity index (χ3v) is 3.68. The van der Waals surface area contributed by atoms with Gasteiger partial charge in [-0.2, -0.15) is 5.26 Å². The molecule has 3 aromatic rings. The number of halogens is 1. The van der Waals surface area contributed by atoms with E-state index in [1.807, 2.05) is 29.9 Å². The molecule has 0 saturated carbocycles. The largest absolute Gasteiger partial charge is 0.337 e. The molecule has 0 spiro atoms. The molecule has 0 aliphatic heterocycles. The van der Waals surface area contributed by atoms with Crippen molar-refractivity contribution < 1.29 is 0 Å². The van der Waals surface area contributed by atoms with Crippen molar-refractivity contribution in [1.29, 1.82) is 5.26 Å². The third kappa shape index (κ3) is 2.50. The van der Waals surface area contributed by atoms with Gasteiger partial charge in [-0.05, 0) is 18.2 Å². The average Bonchev–Trinajstić information content (AvgIpc) is 3.04. The summed E-state index contributed by atoms with van der Waals surface area (Å²) in [5, 5.41) is 9.08. The Hall–Kier alpha value is -2.32. The molecular weight excluding hydrogens is 286 g/mol. The van der Waals surface area contributed by atoms with Gasteiger partial charge in [0, 0.05) is 31.7 Å². The number of rotatable bonds is 4. The molecule has 0 N–H and O–H groups in total. The number of aryl methyl sites for hydroxylation is 2. The summed E-state index contributed by atoms with van der Waals surface area (Å²) in [7, 11) is 1.96. The Kier molecular flexibility index (Phi) is 3.63. The lowest BCUT2D eigenvalue weighted by Crippen LogP contribution is -2.09. The van der Waals surface area contributed by atoms with Crippen LogP contribution in [0, 0.1) is 11.3 Å². The summed E-state index contributed by atoms with van der Waals surface area (Å²) in [5.41, 5.74) is 2.45. The van der Waals surface area contributed by atoms with Gasteiger partial charge in [0.1, 0.15) is 11.6 Å². The molecule has 0 saturated heterocycles. The van der Waals surface area contributed by atoms with Crippen LogP contribution in [0.15, 0.2) is 30.6 Å². The molecule has 0 radical (unpaired) electrons. The van der Waals surface area contributed by atoms with Gasteiger partial charge in [0.25, 0.3) is 0 Å². The number of aromatic nitrogens is 4. The molecule has 0 atom stereocenters. The fraction of sp³-hybridized carbons (Fsp3) is 0.267. The molecule has 0 bridgehead atoms. The Morgan fingerprint density at radius 2 is 2.19 bits per heavy atom. The molecule has 5 nitrogen and oxygen atoms in total. The number of imidazole rings is 2. The molecule has 21 heavy (non-hydrogen) atoms. The van der Waals surface area contributed by atoms with Crippen molar-refractivity contribution in [3.8, 4) is 6.07 Å². The van der Waals surface area contributed by atoms with E-state index in [0.717, 1.165) is 22.7 Å². The number of hydrogen-bond donors (Lipinski definition) is 0. The zero-order chi connectivity index (χ0) is 14.8. The first-order valence-electron chi connectivity index (χ1n) is 6.64. The zero-order valence-corrected chi connectivity index (χ0v) is 12.4. The van der Waals surface area contributed by atoms with Crippen molar-refractivity contribution >= 4 is 22.6 Å². The molecule has 0 aliphatic rings. The predicted molar refractivity (Wildman–Crippen MR) is 81.2 cm³/mol. The summed E-state index contributed by atoms with van der Waals surface area (Å²) in [6, 6.07) is 7.69. The highest BCUT2D eigenvalue weighted by Gasteiger charge is 2.13. The monoisotopic (exact) mass is 299 g/mol. The molecule has 0 amide bonds. The van der Waals surface area contributed by atoms with Crippen molar-refractivity contribution in [3.63, 3.8) is 0 Å². The molecule has 106 valence electrons. The van der Waals surface area contributed by atoms with Gasteiger partial charge in [-0.1, -0.05) is 0 Å². The van der Waals surface area contributed by atoms with Crippen LogP contribution in [0.1, 0.15) is 17.2 Å². The lowest BCUT2D eigenvalue weighted by molar-refractivity contribution is 0.682. The summed E-state index contributed by atoms with van der Waals surface area (Å²) in [4.78, 5) is 8.98. The summed E-state index contributed by atoms with van der Waals surface area (Å²) in [6.45, 7) is 0.612. The van der Waals surface area contributed by atoms with E-state index in [1.54, 1.807) is 12.3 Å². The topological polar surface area (TPSA) is 59.4 Å². The first-order valence-corrected chi connectivity index (χ1v) is 7.18. The Balaban J connectivity index is 2.14. The molecule has 0 aliphatic carbocycles. The Morgan fingerprint density at radius 1 is 1.33 bits per heavy atom. The fourth-order valence-electron chi connectivity index (χ4n) is 2.38. The van der Waals surface area contributed by atoms with E-state index in [4.69, 9.17) is 16.9 Å². The molecule has 1 aromatic carbocycles. The minimum Gasteiger partial charge on any atom is -0.337 e. The van der Waals surface area contributed by atoms with Crippen LogP contribution in [-0.2, 0) is 20.0 Å². The smallest absolute Gasteiger partial charge is 0.128 e. The first-order chi connectivity index (χ1) is 10.2. The lowest BCUT2D eigenvalue weighted by atomic mass is 10.2. The van der Waals surface area contributed by atoms with E-state index < -0.39 is 0 Å². The highest BCUT2D eigenvalue weighted by Crippen LogP contribution is 2.20. The molecular formula is C15H14ClN5. The molecule has 0 fully saturated rings. The maximum Gasteiger partial charge on any atom is 0.128 e. The van der Waals surface area contributed by atoms with E-state index in [1.165, 1.54) is 0 Å². The van der Waals surface area contributed by atoms with Gasteiger partial charge in [0.2, 0.25) is 0 Å². The van der Waals surface area contributed by atoms with Gasteiger partial charge < -0.3 is 9.13 Å². The second-order valence-corrected chi connectivity index (χ2v) is 5.20. The second-order valence-electron chi connectivity index (χ2n) is 4.82. The van der Waals surface area contributed by atoms with Gasteiger partial charge in [-0.15, -0.1) is 11.6 Å². The fourth-order valence-corrected chi connectivity index (χ4v) is 2.55. The summed E-state index contributed by atoms with van der Waals surface area (Å²) in [5.74, 6) is 2.36. The Labute approximate surface area is 127 Å². The van der Waals surface area contributed by atoms with E-state index in [-0.39, 0.29) is 0 Å². The van der Waals surface area contributed by atoms with Crippen molar-refractivity contribution in [3.05, 3.63) is 47.8 Å². The van der Waals surface area contributed by atoms with Crippen molar-refractivity contribution in [2.45, 2.75) is 13.0 Å². The number of hydrogen-bond acceptors (Lipinski definition) is 3. The number of nitriles is 1. The van der Waals surface area contributed by atoms with E-state index in [2.05, 4.69) is 20.6 Å². The van der Waals surface area contributed by atoms with E-state index >= 15 is 0 Å². The first kappa shape index (κ1) is 13.7. The molecule has 2 heterocycles. The van der Waals surface area contributed by atoms with Crippen molar-refractivity contribution in [2.24, 2.45) is 7.05 Å². The van der Waals surface area contributed by atoms with Gasteiger partial charge in [0.15, 0.2) is 0 Å². The zero-order valence-electron chi connectivity index (χ0n) is 11.6. The van der Waals surface area contributed by atoms with Crippen LogP contribution in [0.2, 0.25) is 0 Å². The van der Waals surface area contributed by atoms with Gasteiger partial charge in [-0.3, -0.25) is 0 Å². The quantitative estimate of drug-likeness (QED) is 0.695. The average molecular weight is 300 g/mol. The highest BCUT2D eigenvalue weighted by atomic mass is 35.5. The van der Waals surface area contributed by atoms with E-state index in [9.17, 15) is 0 Å². The van der Waals surface area contributed by atoms with Crippen LogP contribution in [0.4, 0.5) is 0 Å². The number of fused-ring (bicyclic) bond motifs is 1. The maximum absolute atomic E-state index is 9.08. The number of nitrogens with zero attached hydrogens (tertiary/aromatic N) is 5. The Morgan fingerprint density at radius 3 is 2.86 bits per heavy atom. The lowest BCUT2D eigenvalue weighted by Gasteiger charge is -2.08. The van der Waals surface area contributed by atoms with Crippen LogP contribution in [-0.4, -0.2) is 25.0 Å². The van der Waals surface area contributed by atoms with Gasteiger partial charge in [0.05, 0.1) is 29.2 Å². The van der Waals surface area contributed by atoms with Crippen LogP contribution >= 0.6 is 11.6 Å². The minimum absolute atomic E-state index is 0.509. The van der Waals surface area contributed by atoms with Crippen LogP contribution < -0.4 is 0 Å². The SMILES string of the molecule is Cn1ccnc1Cn1c(CCCl)nc2ccc(C#N)cc21. The predicted octanol–water partition coefficient (Wildman–Crippen LogP) is 2.47. The molecule has 2 aromatic heterocycles. The standard InChI is InChI=1S/C15H14ClN5/c1-20-7-6-18-15(20)10-21-13-8-11(9-17)2-3-12(13)19-14(21)4-5-16/h2-3,6-8H,4-5,10H2,1H3. The molecule has 6 heteroatoms. The molecule has 3 rings (SSSR count). The normalized spacial score (nSPS) is 10.9. The highest BCUT2D eigenvalue weighted by molar-refractivity contribution is 6.17. The van der Waals surface area contributed by atoms with Crippen molar-refractivity contribution in [2.75, 3.05) is 5.88 Å².